The predicted molar refractivity (Wildman–Crippen MR) is 103 cm³/mol. The molecule has 4 N–H and O–H groups in total. The molecule has 1 aromatic carbocycles. The molecular formula is C19H24N4O6. The van der Waals surface area contributed by atoms with Crippen molar-refractivity contribution in [2.24, 2.45) is 0 Å². The van der Waals surface area contributed by atoms with Crippen LogP contribution >= 0.6 is 0 Å². The molecule has 3 amide bonds. The third-order valence-corrected chi connectivity index (χ3v) is 4.15. The second kappa shape index (κ2) is 9.69. The van der Waals surface area contributed by atoms with E-state index in [9.17, 15) is 14.4 Å². The van der Waals surface area contributed by atoms with Crippen molar-refractivity contribution in [3.8, 4) is 17.1 Å². The van der Waals surface area contributed by atoms with Crippen molar-refractivity contribution in [2.75, 3.05) is 12.4 Å². The predicted octanol–water partition coefficient (Wildman–Crippen LogP) is 1.86. The van der Waals surface area contributed by atoms with Gasteiger partial charge in [-0.2, -0.15) is 0 Å². The third kappa shape index (κ3) is 6.32. The van der Waals surface area contributed by atoms with Crippen molar-refractivity contribution in [1.29, 1.82) is 0 Å². The minimum absolute atomic E-state index is 0.110. The van der Waals surface area contributed by atoms with Gasteiger partial charge in [-0.15, -0.1) is 0 Å². The van der Waals surface area contributed by atoms with Crippen molar-refractivity contribution in [3.05, 3.63) is 30.8 Å². The molecule has 0 saturated heterocycles. The van der Waals surface area contributed by atoms with Crippen molar-refractivity contribution in [2.45, 2.75) is 38.6 Å². The first-order valence-corrected chi connectivity index (χ1v) is 8.89. The number of aromatic nitrogens is 1. The molecular weight excluding hydrogens is 380 g/mol. The number of nitrogens with one attached hydrogen (secondary N) is 3. The molecule has 1 heterocycles. The number of hydrogen-bond acceptors (Lipinski definition) is 7. The number of rotatable bonds is 8. The average Bonchev–Trinajstić information content (AvgIpc) is 3.21. The van der Waals surface area contributed by atoms with Gasteiger partial charge in [-0.3, -0.25) is 19.6 Å². The zero-order valence-corrected chi connectivity index (χ0v) is 16.4. The van der Waals surface area contributed by atoms with E-state index >= 15 is 0 Å². The van der Waals surface area contributed by atoms with Gasteiger partial charge in [0.15, 0.2) is 12.2 Å². The molecule has 0 spiro atoms. The first kappa shape index (κ1) is 21.9. The summed E-state index contributed by atoms with van der Waals surface area (Å²) in [6, 6.07) is 4.87. The number of benzene rings is 1. The quantitative estimate of drug-likeness (QED) is 0.299. The minimum atomic E-state index is -0.833. The second-order valence-corrected chi connectivity index (χ2v) is 6.96. The Morgan fingerprint density at radius 2 is 2.00 bits per heavy atom. The highest BCUT2D eigenvalue weighted by molar-refractivity contribution is 6.39. The lowest BCUT2D eigenvalue weighted by Crippen LogP contribution is -2.48. The van der Waals surface area contributed by atoms with Gasteiger partial charge in [0.05, 0.1) is 18.9 Å². The van der Waals surface area contributed by atoms with E-state index in [4.69, 9.17) is 14.4 Å². The molecule has 0 aliphatic carbocycles. The Bertz CT molecular complexity index is 864. The Labute approximate surface area is 167 Å². The molecule has 0 radical (unpaired) electrons. The highest BCUT2D eigenvalue weighted by Gasteiger charge is 2.25. The van der Waals surface area contributed by atoms with E-state index in [1.54, 1.807) is 37.5 Å². The third-order valence-electron chi connectivity index (χ3n) is 4.15. The molecule has 0 unspecified atom stereocenters. The van der Waals surface area contributed by atoms with Crippen LogP contribution in [-0.2, 0) is 14.4 Å². The first-order chi connectivity index (χ1) is 13.8. The molecule has 0 aliphatic rings. The number of methoxy groups -OCH3 is 1. The van der Waals surface area contributed by atoms with Gasteiger partial charge in [-0.1, -0.05) is 0 Å². The van der Waals surface area contributed by atoms with Gasteiger partial charge < -0.3 is 19.8 Å². The van der Waals surface area contributed by atoms with Crippen LogP contribution in [0.5, 0.6) is 5.75 Å². The van der Waals surface area contributed by atoms with Gasteiger partial charge in [0.1, 0.15) is 5.75 Å². The standard InChI is InChI=1S/C19H24N4O6/c1-19(2,8-4-5-16(24)23-27)22-18(26)17(25)21-12-6-7-13(14(9-12)28-3)15-10-20-11-29-15/h6-7,9-11,27H,4-5,8H2,1-3H3,(H,21,25)(H,22,26)(H,23,24). The molecule has 2 rings (SSSR count). The molecule has 0 saturated carbocycles. The Kier molecular flexibility index (Phi) is 7.32. The molecule has 0 fully saturated rings. The Hall–Kier alpha value is -3.40. The summed E-state index contributed by atoms with van der Waals surface area (Å²) in [5.74, 6) is -1.19. The van der Waals surface area contributed by atoms with Crippen LogP contribution in [0.15, 0.2) is 35.2 Å². The van der Waals surface area contributed by atoms with E-state index in [0.717, 1.165) is 0 Å². The van der Waals surface area contributed by atoms with Crippen molar-refractivity contribution < 1.29 is 28.7 Å². The van der Waals surface area contributed by atoms with Crippen LogP contribution in [0.3, 0.4) is 0 Å². The van der Waals surface area contributed by atoms with Crippen LogP contribution < -0.4 is 20.9 Å². The van der Waals surface area contributed by atoms with Gasteiger partial charge in [0, 0.05) is 23.7 Å². The van der Waals surface area contributed by atoms with Crippen LogP contribution in [0.2, 0.25) is 0 Å². The molecule has 156 valence electrons. The summed E-state index contributed by atoms with van der Waals surface area (Å²) in [7, 11) is 1.48. The number of anilines is 1. The summed E-state index contributed by atoms with van der Waals surface area (Å²) in [6.45, 7) is 3.48. The number of amides is 3. The summed E-state index contributed by atoms with van der Waals surface area (Å²) < 4.78 is 10.6. The van der Waals surface area contributed by atoms with Crippen LogP contribution in [-0.4, -0.2) is 40.6 Å². The SMILES string of the molecule is COc1cc(NC(=O)C(=O)NC(C)(C)CCCC(=O)NO)ccc1-c1cnco1. The van der Waals surface area contributed by atoms with Crippen molar-refractivity contribution >= 4 is 23.4 Å². The number of carbonyl (C=O) groups excluding carboxylic acids is 3. The van der Waals surface area contributed by atoms with Crippen LogP contribution in [0.4, 0.5) is 5.69 Å². The van der Waals surface area contributed by atoms with Crippen LogP contribution in [0.1, 0.15) is 33.1 Å². The number of hydrogen-bond donors (Lipinski definition) is 4. The molecule has 29 heavy (non-hydrogen) atoms. The lowest BCUT2D eigenvalue weighted by Gasteiger charge is -2.25. The fourth-order valence-electron chi connectivity index (χ4n) is 2.68. The zero-order valence-electron chi connectivity index (χ0n) is 16.4. The van der Waals surface area contributed by atoms with Crippen molar-refractivity contribution in [3.63, 3.8) is 0 Å². The largest absolute Gasteiger partial charge is 0.496 e. The van der Waals surface area contributed by atoms with E-state index in [1.807, 2.05) is 0 Å². The van der Waals surface area contributed by atoms with Gasteiger partial charge in [-0.05, 0) is 38.8 Å². The van der Waals surface area contributed by atoms with Gasteiger partial charge in [0.25, 0.3) is 0 Å². The maximum atomic E-state index is 12.2. The first-order valence-electron chi connectivity index (χ1n) is 8.89. The van der Waals surface area contributed by atoms with Gasteiger partial charge in [-0.25, -0.2) is 10.5 Å². The second-order valence-electron chi connectivity index (χ2n) is 6.96. The molecule has 10 nitrogen and oxygen atoms in total. The van der Waals surface area contributed by atoms with E-state index in [0.29, 0.717) is 35.6 Å². The lowest BCUT2D eigenvalue weighted by atomic mass is 9.97. The van der Waals surface area contributed by atoms with E-state index in [2.05, 4.69) is 15.6 Å². The van der Waals surface area contributed by atoms with E-state index < -0.39 is 23.3 Å². The molecule has 1 aromatic heterocycles. The Morgan fingerprint density at radius 1 is 1.24 bits per heavy atom. The number of oxazole rings is 1. The number of ether oxygens (including phenoxy) is 1. The fraction of sp³-hybridized carbons (Fsp3) is 0.368. The van der Waals surface area contributed by atoms with E-state index in [1.165, 1.54) is 19.7 Å². The molecule has 0 atom stereocenters. The Balaban J connectivity index is 1.96. The summed E-state index contributed by atoms with van der Waals surface area (Å²) in [4.78, 5) is 39.4. The number of carbonyl (C=O) groups is 3. The molecule has 0 bridgehead atoms. The van der Waals surface area contributed by atoms with Crippen LogP contribution in [0.25, 0.3) is 11.3 Å². The molecule has 0 aliphatic heterocycles. The summed E-state index contributed by atoms with van der Waals surface area (Å²) >= 11 is 0. The zero-order chi connectivity index (χ0) is 21.4. The maximum absolute atomic E-state index is 12.2. The van der Waals surface area contributed by atoms with Crippen molar-refractivity contribution in [1.82, 2.24) is 15.8 Å². The minimum Gasteiger partial charge on any atom is -0.496 e. The topological polar surface area (TPSA) is 143 Å². The lowest BCUT2D eigenvalue weighted by molar-refractivity contribution is -0.137. The molecule has 2 aromatic rings. The summed E-state index contributed by atoms with van der Waals surface area (Å²) in [5.41, 5.74) is 1.87. The monoisotopic (exact) mass is 404 g/mol. The summed E-state index contributed by atoms with van der Waals surface area (Å²) in [5, 5.41) is 13.6. The summed E-state index contributed by atoms with van der Waals surface area (Å²) in [6.07, 6.45) is 3.82. The number of hydroxylamine groups is 1. The smallest absolute Gasteiger partial charge is 0.313 e. The molecule has 10 heteroatoms. The normalized spacial score (nSPS) is 10.9. The van der Waals surface area contributed by atoms with Gasteiger partial charge >= 0.3 is 11.8 Å². The number of nitrogens with zero attached hydrogens (tertiary/aromatic N) is 1. The van der Waals surface area contributed by atoms with Crippen LogP contribution in [0, 0.1) is 0 Å². The highest BCUT2D eigenvalue weighted by Crippen LogP contribution is 2.32. The average molecular weight is 404 g/mol. The van der Waals surface area contributed by atoms with Gasteiger partial charge in [0.2, 0.25) is 5.91 Å². The van der Waals surface area contributed by atoms with E-state index in [-0.39, 0.29) is 6.42 Å². The Morgan fingerprint density at radius 3 is 2.62 bits per heavy atom. The fourth-order valence-corrected chi connectivity index (χ4v) is 2.68. The maximum Gasteiger partial charge on any atom is 0.313 e. The highest BCUT2D eigenvalue weighted by atomic mass is 16.5.